The van der Waals surface area contributed by atoms with Crippen LogP contribution in [0.4, 0.5) is 5.95 Å². The third kappa shape index (κ3) is 3.97. The van der Waals surface area contributed by atoms with E-state index in [2.05, 4.69) is 20.8 Å². The van der Waals surface area contributed by atoms with E-state index < -0.39 is 6.04 Å². The van der Waals surface area contributed by atoms with Crippen molar-refractivity contribution in [2.45, 2.75) is 26.3 Å². The standard InChI is InChI=1S/C14H19N5O2S/c1-3-5-10(2)13(21)19-9-22-8-11(19)12(20)17-18-14-15-6-4-7-16-14/h4-7,11H,3,8-9H2,1-2H3,(H,17,20)(H,15,16,18)/b10-5-/t11-/m1/s1. The van der Waals surface area contributed by atoms with Gasteiger partial charge in [-0.3, -0.25) is 20.4 Å². The van der Waals surface area contributed by atoms with Crippen LogP contribution < -0.4 is 10.9 Å². The van der Waals surface area contributed by atoms with Crippen molar-refractivity contribution in [3.63, 3.8) is 0 Å². The van der Waals surface area contributed by atoms with E-state index >= 15 is 0 Å². The van der Waals surface area contributed by atoms with Crippen molar-refractivity contribution in [1.29, 1.82) is 0 Å². The van der Waals surface area contributed by atoms with Crippen molar-refractivity contribution in [2.24, 2.45) is 0 Å². The summed E-state index contributed by atoms with van der Waals surface area (Å²) in [5.41, 5.74) is 5.88. The Morgan fingerprint density at radius 1 is 1.45 bits per heavy atom. The predicted molar refractivity (Wildman–Crippen MR) is 85.8 cm³/mol. The Bertz CT molecular complexity index is 564. The van der Waals surface area contributed by atoms with Crippen LogP contribution in [0.2, 0.25) is 0 Å². The number of nitrogens with one attached hydrogen (secondary N) is 2. The molecule has 2 heterocycles. The number of hydrazine groups is 1. The Hall–Kier alpha value is -2.09. The van der Waals surface area contributed by atoms with Crippen LogP contribution in [0.15, 0.2) is 30.1 Å². The molecule has 118 valence electrons. The first-order valence-electron chi connectivity index (χ1n) is 7.01. The number of carbonyl (C=O) groups excluding carboxylic acids is 2. The highest BCUT2D eigenvalue weighted by molar-refractivity contribution is 7.99. The lowest BCUT2D eigenvalue weighted by atomic mass is 10.2. The van der Waals surface area contributed by atoms with Crippen molar-refractivity contribution in [1.82, 2.24) is 20.3 Å². The fraction of sp³-hybridized carbons (Fsp3) is 0.429. The maximum absolute atomic E-state index is 12.3. The Morgan fingerprint density at radius 3 is 2.86 bits per heavy atom. The van der Waals surface area contributed by atoms with Gasteiger partial charge in [0.15, 0.2) is 0 Å². The summed E-state index contributed by atoms with van der Waals surface area (Å²) in [6.45, 7) is 3.75. The van der Waals surface area contributed by atoms with Crippen LogP contribution in [-0.2, 0) is 9.59 Å². The molecule has 1 aliphatic heterocycles. The van der Waals surface area contributed by atoms with Gasteiger partial charge in [-0.1, -0.05) is 13.0 Å². The van der Waals surface area contributed by atoms with E-state index in [4.69, 9.17) is 0 Å². The smallest absolute Gasteiger partial charge is 0.262 e. The number of anilines is 1. The van der Waals surface area contributed by atoms with E-state index in [0.717, 1.165) is 6.42 Å². The first-order chi connectivity index (χ1) is 10.6. The van der Waals surface area contributed by atoms with E-state index in [1.54, 1.807) is 42.0 Å². The number of carbonyl (C=O) groups is 2. The average molecular weight is 321 g/mol. The minimum absolute atomic E-state index is 0.0945. The van der Waals surface area contributed by atoms with Gasteiger partial charge in [-0.15, -0.1) is 11.8 Å². The minimum atomic E-state index is -0.492. The number of thioether (sulfide) groups is 1. The zero-order valence-electron chi connectivity index (χ0n) is 12.6. The zero-order valence-corrected chi connectivity index (χ0v) is 13.4. The second-order valence-corrected chi connectivity index (χ2v) is 5.77. The van der Waals surface area contributed by atoms with E-state index in [1.165, 1.54) is 0 Å². The summed E-state index contributed by atoms with van der Waals surface area (Å²) < 4.78 is 0. The second kappa shape index (κ2) is 7.79. The van der Waals surface area contributed by atoms with Crippen LogP contribution in [0.5, 0.6) is 0 Å². The number of nitrogens with zero attached hydrogens (tertiary/aromatic N) is 3. The fourth-order valence-electron chi connectivity index (χ4n) is 2.04. The average Bonchev–Trinajstić information content (AvgIpc) is 3.02. The molecule has 2 amide bonds. The van der Waals surface area contributed by atoms with Crippen LogP contribution >= 0.6 is 11.8 Å². The lowest BCUT2D eigenvalue weighted by Crippen LogP contribution is -2.49. The molecule has 2 N–H and O–H groups in total. The third-order valence-electron chi connectivity index (χ3n) is 3.16. The summed E-state index contributed by atoms with van der Waals surface area (Å²) >= 11 is 1.56. The van der Waals surface area contributed by atoms with E-state index in [-0.39, 0.29) is 11.8 Å². The Balaban J connectivity index is 1.96. The summed E-state index contributed by atoms with van der Waals surface area (Å²) in [5.74, 6) is 1.04. The molecule has 0 aliphatic carbocycles. The normalized spacial score (nSPS) is 18.2. The van der Waals surface area contributed by atoms with Gasteiger partial charge in [-0.05, 0) is 19.4 Å². The van der Waals surface area contributed by atoms with Gasteiger partial charge in [0, 0.05) is 23.7 Å². The van der Waals surface area contributed by atoms with Crippen molar-refractivity contribution >= 4 is 29.5 Å². The maximum atomic E-state index is 12.3. The first-order valence-corrected chi connectivity index (χ1v) is 8.17. The molecule has 1 aromatic heterocycles. The third-order valence-corrected chi connectivity index (χ3v) is 4.17. The van der Waals surface area contributed by atoms with Gasteiger partial charge in [-0.2, -0.15) is 0 Å². The molecule has 1 aliphatic rings. The molecule has 0 aromatic carbocycles. The van der Waals surface area contributed by atoms with Crippen LogP contribution in [-0.4, -0.2) is 44.4 Å². The summed E-state index contributed by atoms with van der Waals surface area (Å²) in [6.07, 6.45) is 5.81. The number of amides is 2. The fourth-order valence-corrected chi connectivity index (χ4v) is 3.20. The summed E-state index contributed by atoms with van der Waals surface area (Å²) in [6, 6.07) is 1.19. The molecule has 0 spiro atoms. The molecule has 1 saturated heterocycles. The van der Waals surface area contributed by atoms with Crippen molar-refractivity contribution in [3.8, 4) is 0 Å². The van der Waals surface area contributed by atoms with Crippen LogP contribution in [0.25, 0.3) is 0 Å². The summed E-state index contributed by atoms with van der Waals surface area (Å²) in [5, 5.41) is 0. The van der Waals surface area contributed by atoms with Crippen molar-refractivity contribution < 1.29 is 9.59 Å². The highest BCUT2D eigenvalue weighted by Gasteiger charge is 2.35. The van der Waals surface area contributed by atoms with E-state index in [0.29, 0.717) is 23.2 Å². The number of allylic oxidation sites excluding steroid dienone is 1. The molecule has 22 heavy (non-hydrogen) atoms. The van der Waals surface area contributed by atoms with E-state index in [9.17, 15) is 9.59 Å². The minimum Gasteiger partial charge on any atom is -0.317 e. The predicted octanol–water partition coefficient (Wildman–Crippen LogP) is 1.18. The summed E-state index contributed by atoms with van der Waals surface area (Å²) in [7, 11) is 0. The molecular weight excluding hydrogens is 302 g/mol. The highest BCUT2D eigenvalue weighted by Crippen LogP contribution is 2.23. The first kappa shape index (κ1) is 16.3. The Morgan fingerprint density at radius 2 is 2.18 bits per heavy atom. The molecule has 0 saturated carbocycles. The molecular formula is C14H19N5O2S. The quantitative estimate of drug-likeness (QED) is 0.625. The second-order valence-electron chi connectivity index (χ2n) is 4.77. The van der Waals surface area contributed by atoms with Gasteiger partial charge in [0.1, 0.15) is 6.04 Å². The van der Waals surface area contributed by atoms with Crippen molar-refractivity contribution in [2.75, 3.05) is 17.1 Å². The Labute approximate surface area is 133 Å². The molecule has 7 nitrogen and oxygen atoms in total. The number of aromatic nitrogens is 2. The molecule has 1 fully saturated rings. The van der Waals surface area contributed by atoms with Crippen LogP contribution in [0.1, 0.15) is 20.3 Å². The number of rotatable bonds is 5. The topological polar surface area (TPSA) is 87.2 Å². The molecule has 8 heteroatoms. The maximum Gasteiger partial charge on any atom is 0.262 e. The van der Waals surface area contributed by atoms with Crippen molar-refractivity contribution in [3.05, 3.63) is 30.1 Å². The largest absolute Gasteiger partial charge is 0.317 e. The van der Waals surface area contributed by atoms with Gasteiger partial charge in [0.2, 0.25) is 5.95 Å². The molecule has 0 bridgehead atoms. The SMILES string of the molecule is CC/C=C(/C)C(=O)N1CSC[C@@H]1C(=O)NNc1ncccn1. The Kier molecular flexibility index (Phi) is 5.76. The van der Waals surface area contributed by atoms with Crippen LogP contribution in [0, 0.1) is 0 Å². The zero-order chi connectivity index (χ0) is 15.9. The molecule has 1 atom stereocenters. The van der Waals surface area contributed by atoms with Gasteiger partial charge in [0.25, 0.3) is 11.8 Å². The van der Waals surface area contributed by atoms with Gasteiger partial charge < -0.3 is 4.90 Å². The lowest BCUT2D eigenvalue weighted by Gasteiger charge is -2.23. The van der Waals surface area contributed by atoms with Gasteiger partial charge in [0.05, 0.1) is 5.88 Å². The lowest BCUT2D eigenvalue weighted by molar-refractivity contribution is -0.135. The molecule has 0 unspecified atom stereocenters. The number of hydrogen-bond acceptors (Lipinski definition) is 6. The summed E-state index contributed by atoms with van der Waals surface area (Å²) in [4.78, 5) is 34.1. The van der Waals surface area contributed by atoms with E-state index in [1.807, 2.05) is 13.0 Å². The molecule has 1 aromatic rings. The molecule has 0 radical (unpaired) electrons. The van der Waals surface area contributed by atoms with Crippen LogP contribution in [0.3, 0.4) is 0 Å². The van der Waals surface area contributed by atoms with Gasteiger partial charge in [-0.25, -0.2) is 9.97 Å². The van der Waals surface area contributed by atoms with Gasteiger partial charge >= 0.3 is 0 Å². The monoisotopic (exact) mass is 321 g/mol. The molecule has 2 rings (SSSR count). The number of hydrogen-bond donors (Lipinski definition) is 2. The highest BCUT2D eigenvalue weighted by atomic mass is 32.2.